The van der Waals surface area contributed by atoms with Gasteiger partial charge < -0.3 is 4.74 Å². The summed E-state index contributed by atoms with van der Waals surface area (Å²) in [6.07, 6.45) is 7.70. The van der Waals surface area contributed by atoms with E-state index in [9.17, 15) is 13.0 Å². The Hall–Kier alpha value is -2.97. The number of aryl methyl sites for hydroxylation is 2. The smallest absolute Gasteiger partial charge is 0.264 e. The average Bonchev–Trinajstić information content (AvgIpc) is 3.32. The number of hydrogen-bond donors (Lipinski definition) is 2. The number of unbranched alkanes of at least 4 members (excludes halogenated alkanes) is 1. The molecular weight excluding hydrogens is 497 g/mol. The van der Waals surface area contributed by atoms with E-state index in [0.717, 1.165) is 24.1 Å². The Morgan fingerprint density at radius 2 is 1.53 bits per heavy atom. The van der Waals surface area contributed by atoms with Crippen molar-refractivity contribution in [3.05, 3.63) is 102 Å². The second kappa shape index (κ2) is 11.8. The predicted molar refractivity (Wildman–Crippen MR) is 140 cm³/mol. The lowest BCUT2D eigenvalue weighted by Gasteiger charge is -2.23. The van der Waals surface area contributed by atoms with Crippen LogP contribution in [0.1, 0.15) is 30.4 Å². The van der Waals surface area contributed by atoms with E-state index in [0.29, 0.717) is 37.4 Å². The van der Waals surface area contributed by atoms with Crippen LogP contribution in [-0.2, 0) is 32.5 Å². The highest BCUT2D eigenvalue weighted by molar-refractivity contribution is 7.85. The highest BCUT2D eigenvalue weighted by Gasteiger charge is 2.26. The lowest BCUT2D eigenvalue weighted by Crippen LogP contribution is -2.32. The quantitative estimate of drug-likeness (QED) is 0.153. The van der Waals surface area contributed by atoms with E-state index >= 15 is 0 Å². The average molecular weight is 529 g/mol. The molecule has 2 aromatic carbocycles. The molecule has 0 bridgehead atoms. The molecule has 1 aromatic heterocycles. The normalized spacial score (nSPS) is 15.1. The van der Waals surface area contributed by atoms with Crippen LogP contribution in [0, 0.1) is 0 Å². The molecule has 2 heterocycles. The van der Waals surface area contributed by atoms with Gasteiger partial charge in [0.25, 0.3) is 10.1 Å². The Bertz CT molecular complexity index is 1310. The molecule has 36 heavy (non-hydrogen) atoms. The third kappa shape index (κ3) is 7.77. The lowest BCUT2D eigenvalue weighted by atomic mass is 10.2. The number of nitrogens with one attached hydrogen (secondary N) is 1. The number of aromatic nitrogens is 2. The standard InChI is InChI=1S/C26H30N3O5PS/c30-35(27-14-9-16-29-18-17-28(22-29)15-7-8-19-36(31,32)33)20-25(23-10-3-1-4-11-23)34-26(21-35)24-12-5-2-6-13-24/h1-6,10-13,17-18,20-22H,7-9,14-16,19H2,(H-,27,30,31,32,33)/p+1. The fourth-order valence-corrected chi connectivity index (χ4v) is 6.35. The van der Waals surface area contributed by atoms with Crippen LogP contribution < -0.4 is 9.65 Å². The van der Waals surface area contributed by atoms with Gasteiger partial charge in [-0.25, -0.2) is 9.13 Å². The summed E-state index contributed by atoms with van der Waals surface area (Å²) < 4.78 is 54.4. The highest BCUT2D eigenvalue weighted by atomic mass is 32.2. The lowest BCUT2D eigenvalue weighted by molar-refractivity contribution is -0.696. The molecule has 0 radical (unpaired) electrons. The van der Waals surface area contributed by atoms with E-state index in [1.54, 1.807) is 11.6 Å². The zero-order valence-electron chi connectivity index (χ0n) is 19.9. The fraction of sp³-hybridized carbons (Fsp3) is 0.269. The van der Waals surface area contributed by atoms with Crippen molar-refractivity contribution in [3.63, 3.8) is 0 Å². The van der Waals surface area contributed by atoms with Crippen LogP contribution in [0.4, 0.5) is 0 Å². The molecule has 4 rings (SSSR count). The van der Waals surface area contributed by atoms with Crippen LogP contribution in [0.25, 0.3) is 11.5 Å². The first-order valence-electron chi connectivity index (χ1n) is 11.9. The number of imidazole rings is 1. The SMILES string of the molecule is O=P1(NCCC[n+]2ccn(CCCCS(=O)(=O)O)c2)C=C(c2ccccc2)OC(c2ccccc2)=C1. The minimum atomic E-state index is -3.90. The van der Waals surface area contributed by atoms with E-state index in [2.05, 4.69) is 5.09 Å². The van der Waals surface area contributed by atoms with Gasteiger partial charge in [0.2, 0.25) is 6.33 Å². The Morgan fingerprint density at radius 3 is 2.11 bits per heavy atom. The van der Waals surface area contributed by atoms with E-state index in [1.807, 2.05) is 88.5 Å². The van der Waals surface area contributed by atoms with Gasteiger partial charge in [-0.15, -0.1) is 0 Å². The zero-order chi connectivity index (χ0) is 25.4. The van der Waals surface area contributed by atoms with Crippen LogP contribution in [0.15, 0.2) is 91.0 Å². The molecule has 0 unspecified atom stereocenters. The monoisotopic (exact) mass is 528 g/mol. The first-order valence-corrected chi connectivity index (χ1v) is 15.3. The number of benzene rings is 2. The molecule has 0 saturated carbocycles. The molecule has 8 nitrogen and oxygen atoms in total. The number of rotatable bonds is 12. The summed E-state index contributed by atoms with van der Waals surface area (Å²) in [5.41, 5.74) is 1.74. The van der Waals surface area contributed by atoms with Crippen molar-refractivity contribution in [1.82, 2.24) is 9.65 Å². The summed E-state index contributed by atoms with van der Waals surface area (Å²) in [7, 11) is -6.89. The maximum absolute atomic E-state index is 13.8. The summed E-state index contributed by atoms with van der Waals surface area (Å²) in [4.78, 5) is 0. The molecular formula is C26H31N3O5PS+. The third-order valence-corrected chi connectivity index (χ3v) is 8.48. The molecule has 3 aromatic rings. The van der Waals surface area contributed by atoms with Gasteiger partial charge in [0, 0.05) is 29.3 Å². The van der Waals surface area contributed by atoms with Crippen molar-refractivity contribution < 1.29 is 26.8 Å². The third-order valence-electron chi connectivity index (χ3n) is 5.72. The number of nitrogens with zero attached hydrogens (tertiary/aromatic N) is 2. The van der Waals surface area contributed by atoms with Gasteiger partial charge in [-0.2, -0.15) is 8.42 Å². The van der Waals surface area contributed by atoms with Crippen LogP contribution in [0.2, 0.25) is 0 Å². The zero-order valence-corrected chi connectivity index (χ0v) is 21.7. The molecule has 0 amide bonds. The van der Waals surface area contributed by atoms with Gasteiger partial charge in [-0.3, -0.25) is 14.2 Å². The van der Waals surface area contributed by atoms with Gasteiger partial charge in [0.15, 0.2) is 7.29 Å². The van der Waals surface area contributed by atoms with Crippen molar-refractivity contribution in [1.29, 1.82) is 0 Å². The first-order chi connectivity index (χ1) is 17.3. The van der Waals surface area contributed by atoms with Gasteiger partial charge in [0.1, 0.15) is 23.9 Å². The van der Waals surface area contributed by atoms with Gasteiger partial charge >= 0.3 is 0 Å². The van der Waals surface area contributed by atoms with Crippen LogP contribution in [0.3, 0.4) is 0 Å². The molecule has 2 N–H and O–H groups in total. The molecule has 0 saturated heterocycles. The van der Waals surface area contributed by atoms with Crippen molar-refractivity contribution in [2.24, 2.45) is 0 Å². The minimum absolute atomic E-state index is 0.216. The fourth-order valence-electron chi connectivity index (χ4n) is 3.92. The molecule has 0 spiro atoms. The molecule has 1 aliphatic heterocycles. The second-order valence-electron chi connectivity index (χ2n) is 8.67. The summed E-state index contributed by atoms with van der Waals surface area (Å²) >= 11 is 0. The van der Waals surface area contributed by atoms with Crippen LogP contribution >= 0.6 is 7.29 Å². The molecule has 0 fully saturated rings. The predicted octanol–water partition coefficient (Wildman–Crippen LogP) is 4.73. The number of hydrogen-bond acceptors (Lipinski definition) is 4. The van der Waals surface area contributed by atoms with Gasteiger partial charge in [0.05, 0.1) is 18.8 Å². The Labute approximate surface area is 212 Å². The van der Waals surface area contributed by atoms with Gasteiger partial charge in [-0.1, -0.05) is 60.7 Å². The van der Waals surface area contributed by atoms with Crippen molar-refractivity contribution in [2.75, 3.05) is 12.3 Å². The maximum Gasteiger partial charge on any atom is 0.264 e. The molecule has 190 valence electrons. The molecule has 0 atom stereocenters. The molecule has 1 aliphatic rings. The minimum Gasteiger partial charge on any atom is -0.456 e. The van der Waals surface area contributed by atoms with Crippen molar-refractivity contribution in [2.45, 2.75) is 32.4 Å². The Balaban J connectivity index is 1.35. The molecule has 0 aliphatic carbocycles. The second-order valence-corrected chi connectivity index (χ2v) is 12.5. The summed E-state index contributed by atoms with van der Waals surface area (Å²) in [5, 5.41) is 3.25. The number of ether oxygens (including phenoxy) is 1. The Kier molecular flexibility index (Phi) is 8.59. The van der Waals surface area contributed by atoms with Gasteiger partial charge in [-0.05, 0) is 19.3 Å². The molecule has 10 heteroatoms. The van der Waals surface area contributed by atoms with Crippen LogP contribution in [-0.4, -0.2) is 29.8 Å². The maximum atomic E-state index is 13.8. The van der Waals surface area contributed by atoms with Crippen molar-refractivity contribution >= 4 is 28.9 Å². The summed E-state index contributed by atoms with van der Waals surface area (Å²) in [5.74, 6) is 4.34. The largest absolute Gasteiger partial charge is 0.456 e. The van der Waals surface area contributed by atoms with Crippen molar-refractivity contribution in [3.8, 4) is 0 Å². The van der Waals surface area contributed by atoms with E-state index in [4.69, 9.17) is 9.29 Å². The van der Waals surface area contributed by atoms with Crippen LogP contribution in [0.5, 0.6) is 0 Å². The Morgan fingerprint density at radius 1 is 0.917 bits per heavy atom. The van der Waals surface area contributed by atoms with E-state index in [-0.39, 0.29) is 5.75 Å². The highest BCUT2D eigenvalue weighted by Crippen LogP contribution is 2.53. The summed E-state index contributed by atoms with van der Waals surface area (Å²) in [6, 6.07) is 19.3. The first kappa shape index (κ1) is 26.1. The topological polar surface area (TPSA) is 102 Å². The van der Waals surface area contributed by atoms with E-state index < -0.39 is 17.4 Å². The van der Waals surface area contributed by atoms with E-state index in [1.165, 1.54) is 0 Å². The summed E-state index contributed by atoms with van der Waals surface area (Å²) in [6.45, 7) is 1.98.